The van der Waals surface area contributed by atoms with Gasteiger partial charge in [0, 0.05) is 44.5 Å². The topological polar surface area (TPSA) is 43.0 Å². The molecule has 0 fully saturated rings. The number of aromatic nitrogens is 2. The van der Waals surface area contributed by atoms with Gasteiger partial charge in [0.2, 0.25) is 5.69 Å². The van der Waals surface area contributed by atoms with Crippen molar-refractivity contribution in [2.75, 3.05) is 0 Å². The van der Waals surface area contributed by atoms with Crippen molar-refractivity contribution in [3.05, 3.63) is 70.5 Å². The Bertz CT molecular complexity index is 2150. The van der Waals surface area contributed by atoms with E-state index in [1.54, 1.807) is 26.1 Å². The standard InChI is InChI=1S/C28H25N2O2/c1-14-12-20(30(6)13-17(14)4)24-16(3)11-15(2)23-19-8-10-21-25(27(19)32-28(23)24)26-22(31-21)9-7-18(5)29-26/h7-13H,1-6H3/q+1/i1D3,2D3,4D3,5D3. The normalized spacial score (nSPS) is 19.2. The largest absolute Gasteiger partial charge is 0.454 e. The lowest BCUT2D eigenvalue weighted by molar-refractivity contribution is -0.660. The fraction of sp³-hybridized carbons (Fsp3) is 0.214. The van der Waals surface area contributed by atoms with Gasteiger partial charge < -0.3 is 8.83 Å². The summed E-state index contributed by atoms with van der Waals surface area (Å²) in [5.41, 5.74) is 1.47. The van der Waals surface area contributed by atoms with Crippen molar-refractivity contribution in [3.8, 4) is 11.3 Å². The molecule has 6 aromatic rings. The van der Waals surface area contributed by atoms with Gasteiger partial charge in [0.15, 0.2) is 11.8 Å². The highest BCUT2D eigenvalue weighted by atomic mass is 16.3. The molecule has 0 aliphatic heterocycles. The van der Waals surface area contributed by atoms with E-state index in [-0.39, 0.29) is 44.5 Å². The van der Waals surface area contributed by atoms with Crippen molar-refractivity contribution < 1.29 is 29.9 Å². The summed E-state index contributed by atoms with van der Waals surface area (Å²) in [6.45, 7) is -8.87. The van der Waals surface area contributed by atoms with E-state index in [4.69, 9.17) is 25.3 Å². The zero-order chi connectivity index (χ0) is 32.3. The van der Waals surface area contributed by atoms with Crippen LogP contribution in [0.25, 0.3) is 55.3 Å². The number of rotatable bonds is 1. The Morgan fingerprint density at radius 1 is 0.812 bits per heavy atom. The van der Waals surface area contributed by atoms with Crippen molar-refractivity contribution in [3.63, 3.8) is 0 Å². The first-order chi connectivity index (χ1) is 20.2. The van der Waals surface area contributed by atoms with Gasteiger partial charge >= 0.3 is 0 Å². The summed E-state index contributed by atoms with van der Waals surface area (Å²) in [5, 5.41) is 1.01. The fourth-order valence-electron chi connectivity index (χ4n) is 4.48. The van der Waals surface area contributed by atoms with Gasteiger partial charge in [0.25, 0.3) is 0 Å². The van der Waals surface area contributed by atoms with Gasteiger partial charge in [-0.2, -0.15) is 0 Å². The van der Waals surface area contributed by atoms with Crippen LogP contribution in [-0.2, 0) is 7.05 Å². The van der Waals surface area contributed by atoms with Crippen LogP contribution >= 0.6 is 0 Å². The van der Waals surface area contributed by atoms with Crippen LogP contribution in [-0.4, -0.2) is 4.98 Å². The quantitative estimate of drug-likeness (QED) is 0.265. The second-order valence-electron chi connectivity index (χ2n) is 7.98. The third kappa shape index (κ3) is 2.49. The SMILES string of the molecule is [2H]C([2H])([2H])c1ccc2oc3ccc4c(oc5c(-c6cc(C([2H])([2H])[2H])c(C([2H])([2H])[2H])c[n+]6C)c(C)cc(C([2H])([2H])[2H])c54)c3c2n1. The van der Waals surface area contributed by atoms with Crippen LogP contribution in [0.1, 0.15) is 44.4 Å². The minimum absolute atomic E-state index is 0.00593. The highest BCUT2D eigenvalue weighted by molar-refractivity contribution is 6.22. The summed E-state index contributed by atoms with van der Waals surface area (Å²) in [6, 6.07) is 8.92. The molecule has 0 saturated carbocycles. The molecule has 0 bridgehead atoms. The minimum atomic E-state index is -2.76. The predicted molar refractivity (Wildman–Crippen MR) is 129 cm³/mol. The zero-order valence-electron chi connectivity index (χ0n) is 29.3. The Kier molecular flexibility index (Phi) is 2.07. The summed E-state index contributed by atoms with van der Waals surface area (Å²) in [5.74, 6) is 0. The number of pyridine rings is 2. The lowest BCUT2D eigenvalue weighted by atomic mass is 9.95. The first kappa shape index (κ1) is 10.3. The Labute approximate surface area is 203 Å². The molecule has 6 rings (SSSR count). The van der Waals surface area contributed by atoms with Crippen LogP contribution in [0.3, 0.4) is 0 Å². The highest BCUT2D eigenvalue weighted by Gasteiger charge is 2.25. The van der Waals surface area contributed by atoms with E-state index in [0.29, 0.717) is 38.8 Å². The van der Waals surface area contributed by atoms with Gasteiger partial charge in [-0.3, -0.25) is 0 Å². The first-order valence-electron chi connectivity index (χ1n) is 16.0. The maximum absolute atomic E-state index is 8.31. The molecule has 0 saturated heterocycles. The maximum atomic E-state index is 8.31. The Balaban J connectivity index is 1.80. The number of hydrogen-bond acceptors (Lipinski definition) is 3. The lowest BCUT2D eigenvalue weighted by Crippen LogP contribution is -2.31. The van der Waals surface area contributed by atoms with Crippen LogP contribution < -0.4 is 4.57 Å². The summed E-state index contributed by atoms with van der Waals surface area (Å²) in [6.07, 6.45) is 1.25. The van der Waals surface area contributed by atoms with Gasteiger partial charge in [0.1, 0.15) is 29.3 Å². The van der Waals surface area contributed by atoms with Gasteiger partial charge in [0.05, 0.1) is 10.9 Å². The van der Waals surface area contributed by atoms with Gasteiger partial charge in [-0.25, -0.2) is 9.55 Å². The Hall–Kier alpha value is -3.66. The summed E-state index contributed by atoms with van der Waals surface area (Å²) >= 11 is 0. The molecule has 2 aromatic carbocycles. The van der Waals surface area contributed by atoms with Crippen molar-refractivity contribution in [2.24, 2.45) is 7.05 Å². The number of benzene rings is 2. The predicted octanol–water partition coefficient (Wildman–Crippen LogP) is 6.91. The molecular weight excluding hydrogens is 396 g/mol. The number of hydrogen-bond donors (Lipinski definition) is 0. The van der Waals surface area contributed by atoms with Crippen molar-refractivity contribution in [1.82, 2.24) is 4.98 Å². The lowest BCUT2D eigenvalue weighted by Gasteiger charge is -2.09. The van der Waals surface area contributed by atoms with Crippen molar-refractivity contribution in [2.45, 2.75) is 34.3 Å². The van der Waals surface area contributed by atoms with E-state index in [1.165, 1.54) is 35.0 Å². The van der Waals surface area contributed by atoms with E-state index in [9.17, 15) is 0 Å². The average molecular weight is 434 g/mol. The van der Waals surface area contributed by atoms with Crippen LogP contribution in [0, 0.1) is 34.3 Å². The zero-order valence-corrected chi connectivity index (χ0v) is 17.3. The molecule has 0 amide bonds. The molecule has 32 heavy (non-hydrogen) atoms. The second kappa shape index (κ2) is 6.42. The third-order valence-electron chi connectivity index (χ3n) is 5.92. The van der Waals surface area contributed by atoms with Crippen molar-refractivity contribution >= 4 is 44.0 Å². The summed E-state index contributed by atoms with van der Waals surface area (Å²) in [4.78, 5) is 4.36. The van der Waals surface area contributed by atoms with Crippen LogP contribution in [0.15, 0.2) is 51.4 Å². The third-order valence-corrected chi connectivity index (χ3v) is 5.92. The van der Waals surface area contributed by atoms with Crippen LogP contribution in [0.2, 0.25) is 0 Å². The highest BCUT2D eigenvalue weighted by Crippen LogP contribution is 2.43. The molecule has 4 nitrogen and oxygen atoms in total. The van der Waals surface area contributed by atoms with Gasteiger partial charge in [-0.1, -0.05) is 6.07 Å². The molecular formula is C28H25N2O2+. The smallest absolute Gasteiger partial charge is 0.216 e. The van der Waals surface area contributed by atoms with E-state index in [1.807, 2.05) is 0 Å². The van der Waals surface area contributed by atoms with E-state index < -0.39 is 27.4 Å². The molecule has 0 spiro atoms. The number of nitrogens with zero attached hydrogens (tertiary/aromatic N) is 2. The number of furan rings is 2. The molecule has 0 N–H and O–H groups in total. The molecule has 4 heterocycles. The molecule has 4 heteroatoms. The Morgan fingerprint density at radius 3 is 2.47 bits per heavy atom. The molecule has 0 unspecified atom stereocenters. The monoisotopic (exact) mass is 433 g/mol. The average Bonchev–Trinajstić information content (AvgIpc) is 3.44. The summed E-state index contributed by atoms with van der Waals surface area (Å²) < 4.78 is 110. The van der Waals surface area contributed by atoms with Crippen LogP contribution in [0.4, 0.5) is 0 Å². The van der Waals surface area contributed by atoms with Gasteiger partial charge in [-0.05, 0) is 75.3 Å². The molecule has 4 aromatic heterocycles. The van der Waals surface area contributed by atoms with E-state index >= 15 is 0 Å². The summed E-state index contributed by atoms with van der Waals surface area (Å²) in [7, 11) is 1.57. The number of aryl methyl sites for hydroxylation is 6. The van der Waals surface area contributed by atoms with Crippen LogP contribution in [0.5, 0.6) is 0 Å². The molecule has 0 aliphatic rings. The fourth-order valence-corrected chi connectivity index (χ4v) is 4.48. The minimum Gasteiger partial charge on any atom is -0.454 e. The first-order valence-corrected chi connectivity index (χ1v) is 9.96. The molecule has 0 aliphatic carbocycles. The molecule has 0 atom stereocenters. The Morgan fingerprint density at radius 2 is 1.66 bits per heavy atom. The van der Waals surface area contributed by atoms with E-state index in [2.05, 4.69) is 4.98 Å². The number of fused-ring (bicyclic) bond motifs is 7. The maximum Gasteiger partial charge on any atom is 0.216 e. The molecule has 0 radical (unpaired) electrons. The van der Waals surface area contributed by atoms with Crippen molar-refractivity contribution in [1.29, 1.82) is 0 Å². The van der Waals surface area contributed by atoms with E-state index in [0.717, 1.165) is 0 Å². The van der Waals surface area contributed by atoms with Gasteiger partial charge in [-0.15, -0.1) is 0 Å². The molecule has 158 valence electrons. The second-order valence-corrected chi connectivity index (χ2v) is 7.98.